The van der Waals surface area contributed by atoms with Gasteiger partial charge in [0.15, 0.2) is 11.5 Å². The molecule has 17 heteroatoms. The van der Waals surface area contributed by atoms with E-state index >= 15 is 0 Å². The molecule has 4 rings (SSSR count). The van der Waals surface area contributed by atoms with Crippen molar-refractivity contribution in [3.05, 3.63) is 80.9 Å². The van der Waals surface area contributed by atoms with Crippen LogP contribution in [0.2, 0.25) is 0 Å². The standard InChI is InChI=1S/C28H30N6O11/c35-27(29-19-1-5-21(6-2-19)33(37)38)31-23-17-25-26(45-16-14-43-12-10-41-9-11-42-13-15-44-25)18-24(23)32-28(36)30-20-3-7-22(8-4-20)34(39)40/h1-8,17-18H,9-16H2,(H2,29,31,35)(H2,30,32,36). The van der Waals surface area contributed by atoms with E-state index < -0.39 is 21.9 Å². The molecule has 0 radical (unpaired) electrons. The third-order valence-electron chi connectivity index (χ3n) is 5.97. The van der Waals surface area contributed by atoms with Gasteiger partial charge >= 0.3 is 12.1 Å². The number of amides is 4. The molecular formula is C28H30N6O11. The zero-order chi connectivity index (χ0) is 32.0. The van der Waals surface area contributed by atoms with Crippen molar-refractivity contribution in [1.29, 1.82) is 0 Å². The summed E-state index contributed by atoms with van der Waals surface area (Å²) in [5.41, 5.74) is 0.481. The second kappa shape index (κ2) is 16.4. The number of carbonyl (C=O) groups is 2. The van der Waals surface area contributed by atoms with Crippen LogP contribution in [0.25, 0.3) is 0 Å². The van der Waals surface area contributed by atoms with E-state index in [1.807, 2.05) is 0 Å². The molecule has 3 aromatic carbocycles. The number of ether oxygens (including phenoxy) is 5. The number of fused-ring (bicyclic) bond motifs is 1. The first-order valence-electron chi connectivity index (χ1n) is 13.6. The number of benzene rings is 3. The molecule has 17 nitrogen and oxygen atoms in total. The van der Waals surface area contributed by atoms with Crippen LogP contribution in [0.4, 0.5) is 43.7 Å². The number of hydrogen-bond acceptors (Lipinski definition) is 11. The highest BCUT2D eigenvalue weighted by atomic mass is 16.6. The number of nitrogens with one attached hydrogen (secondary N) is 4. The number of hydrogen-bond donors (Lipinski definition) is 4. The van der Waals surface area contributed by atoms with E-state index in [4.69, 9.17) is 23.7 Å². The summed E-state index contributed by atoms with van der Waals surface area (Å²) in [5, 5.41) is 32.3. The topological polar surface area (TPSA) is 215 Å². The Hall–Kier alpha value is -5.52. The van der Waals surface area contributed by atoms with E-state index in [1.54, 1.807) is 0 Å². The second-order valence-electron chi connectivity index (χ2n) is 9.14. The van der Waals surface area contributed by atoms with Gasteiger partial charge in [-0.25, -0.2) is 9.59 Å². The fraction of sp³-hybridized carbons (Fsp3) is 0.286. The number of urea groups is 2. The average molecular weight is 627 g/mol. The van der Waals surface area contributed by atoms with Gasteiger partial charge in [-0.3, -0.25) is 20.2 Å². The molecule has 0 atom stereocenters. The van der Waals surface area contributed by atoms with Gasteiger partial charge in [0.2, 0.25) is 0 Å². The van der Waals surface area contributed by atoms with Gasteiger partial charge in [-0.1, -0.05) is 0 Å². The first-order chi connectivity index (χ1) is 21.8. The molecule has 1 aliphatic rings. The molecule has 1 aliphatic heterocycles. The number of non-ortho nitro benzene ring substituents is 2. The predicted molar refractivity (Wildman–Crippen MR) is 161 cm³/mol. The van der Waals surface area contributed by atoms with E-state index in [-0.39, 0.29) is 72.1 Å². The van der Waals surface area contributed by atoms with E-state index in [0.29, 0.717) is 26.4 Å². The maximum atomic E-state index is 12.9. The molecule has 1 heterocycles. The summed E-state index contributed by atoms with van der Waals surface area (Å²) < 4.78 is 28.2. The summed E-state index contributed by atoms with van der Waals surface area (Å²) in [6, 6.07) is 11.9. The van der Waals surface area contributed by atoms with Gasteiger partial charge in [0.1, 0.15) is 13.2 Å². The SMILES string of the molecule is O=C(Nc1ccc([N+](=O)[O-])cc1)Nc1cc2c(cc1NC(=O)Nc1ccc([N+](=O)[O-])cc1)OCCOCCOCCOCCO2. The molecule has 238 valence electrons. The van der Waals surface area contributed by atoms with Gasteiger partial charge in [0.25, 0.3) is 11.4 Å². The van der Waals surface area contributed by atoms with Gasteiger partial charge < -0.3 is 45.0 Å². The lowest BCUT2D eigenvalue weighted by Gasteiger charge is -2.19. The number of nitro benzene ring substituents is 2. The molecular weight excluding hydrogens is 596 g/mol. The van der Waals surface area contributed by atoms with Crippen molar-refractivity contribution in [2.45, 2.75) is 0 Å². The molecule has 0 aromatic heterocycles. The molecule has 0 fully saturated rings. The molecule has 0 aliphatic carbocycles. The van der Waals surface area contributed by atoms with Crippen molar-refractivity contribution in [1.82, 2.24) is 0 Å². The van der Waals surface area contributed by atoms with Crippen LogP contribution >= 0.6 is 0 Å². The number of anilines is 4. The Bertz CT molecular complexity index is 1380. The molecule has 0 unspecified atom stereocenters. The lowest BCUT2D eigenvalue weighted by molar-refractivity contribution is -0.385. The monoisotopic (exact) mass is 626 g/mol. The largest absolute Gasteiger partial charge is 0.487 e. The minimum absolute atomic E-state index is 0.110. The lowest BCUT2D eigenvalue weighted by Crippen LogP contribution is -2.23. The van der Waals surface area contributed by atoms with Crippen molar-refractivity contribution in [3.63, 3.8) is 0 Å². The molecule has 0 spiro atoms. The minimum Gasteiger partial charge on any atom is -0.487 e. The first kappa shape index (κ1) is 32.4. The molecule has 0 saturated heterocycles. The summed E-state index contributed by atoms with van der Waals surface area (Å²) in [6.45, 7) is 2.24. The summed E-state index contributed by atoms with van der Waals surface area (Å²) in [6.07, 6.45) is 0. The van der Waals surface area contributed by atoms with Crippen LogP contribution < -0.4 is 30.7 Å². The smallest absolute Gasteiger partial charge is 0.323 e. The number of rotatable bonds is 6. The minimum atomic E-state index is -0.725. The number of nitrogens with zero attached hydrogens (tertiary/aromatic N) is 2. The van der Waals surface area contributed by atoms with Crippen LogP contribution in [-0.4, -0.2) is 74.8 Å². The average Bonchev–Trinajstić information content (AvgIpc) is 3.02. The van der Waals surface area contributed by atoms with Crippen LogP contribution in [0.3, 0.4) is 0 Å². The zero-order valence-electron chi connectivity index (χ0n) is 23.8. The van der Waals surface area contributed by atoms with Crippen molar-refractivity contribution >= 4 is 46.2 Å². The number of carbonyl (C=O) groups excluding carboxylic acids is 2. The number of nitro groups is 2. The quantitative estimate of drug-likeness (QED) is 0.219. The first-order valence-corrected chi connectivity index (χ1v) is 13.6. The van der Waals surface area contributed by atoms with E-state index in [1.165, 1.54) is 60.7 Å². The molecule has 45 heavy (non-hydrogen) atoms. The maximum Gasteiger partial charge on any atom is 0.323 e. The van der Waals surface area contributed by atoms with E-state index in [2.05, 4.69) is 21.3 Å². The van der Waals surface area contributed by atoms with Crippen LogP contribution in [0.15, 0.2) is 60.7 Å². The Kier molecular flexibility index (Phi) is 11.8. The highest BCUT2D eigenvalue weighted by Crippen LogP contribution is 2.37. The molecule has 0 saturated carbocycles. The van der Waals surface area contributed by atoms with E-state index in [9.17, 15) is 29.8 Å². The Morgan fingerprint density at radius 2 is 0.867 bits per heavy atom. The maximum absolute atomic E-state index is 12.9. The van der Waals surface area contributed by atoms with Crippen LogP contribution in [0.1, 0.15) is 0 Å². The fourth-order valence-corrected chi connectivity index (χ4v) is 3.86. The van der Waals surface area contributed by atoms with Crippen molar-refractivity contribution in [2.24, 2.45) is 0 Å². The summed E-state index contributed by atoms with van der Waals surface area (Å²) in [7, 11) is 0. The van der Waals surface area contributed by atoms with Gasteiger partial charge in [-0.05, 0) is 24.3 Å². The second-order valence-corrected chi connectivity index (χ2v) is 9.14. The lowest BCUT2D eigenvalue weighted by atomic mass is 10.2. The van der Waals surface area contributed by atoms with E-state index in [0.717, 1.165) is 0 Å². The Labute approximate surface area is 256 Å². The van der Waals surface area contributed by atoms with Crippen LogP contribution in [0, 0.1) is 20.2 Å². The third kappa shape index (κ3) is 10.3. The Balaban J connectivity index is 1.57. The highest BCUT2D eigenvalue weighted by molar-refractivity contribution is 6.06. The third-order valence-corrected chi connectivity index (χ3v) is 5.97. The summed E-state index contributed by atoms with van der Waals surface area (Å²) in [4.78, 5) is 46.6. The Morgan fingerprint density at radius 3 is 1.20 bits per heavy atom. The van der Waals surface area contributed by atoms with Gasteiger partial charge in [0, 0.05) is 47.8 Å². The molecule has 0 bridgehead atoms. The normalized spacial score (nSPS) is 14.1. The molecule has 4 N–H and O–H groups in total. The summed E-state index contributed by atoms with van der Waals surface area (Å²) >= 11 is 0. The molecule has 3 aromatic rings. The molecule has 4 amide bonds. The Morgan fingerprint density at radius 1 is 0.533 bits per heavy atom. The zero-order valence-corrected chi connectivity index (χ0v) is 23.8. The summed E-state index contributed by atoms with van der Waals surface area (Å²) in [5.74, 6) is 0.466. The van der Waals surface area contributed by atoms with Crippen molar-refractivity contribution in [2.75, 3.05) is 74.1 Å². The van der Waals surface area contributed by atoms with Crippen LogP contribution in [0.5, 0.6) is 11.5 Å². The van der Waals surface area contributed by atoms with Crippen LogP contribution in [-0.2, 0) is 14.2 Å². The van der Waals surface area contributed by atoms with Gasteiger partial charge in [-0.15, -0.1) is 0 Å². The highest BCUT2D eigenvalue weighted by Gasteiger charge is 2.18. The van der Waals surface area contributed by atoms with Gasteiger partial charge in [-0.2, -0.15) is 0 Å². The van der Waals surface area contributed by atoms with Crippen molar-refractivity contribution < 1.29 is 43.1 Å². The van der Waals surface area contributed by atoms with Crippen molar-refractivity contribution in [3.8, 4) is 11.5 Å². The predicted octanol–water partition coefficient (Wildman–Crippen LogP) is 4.61. The fourth-order valence-electron chi connectivity index (χ4n) is 3.86. The van der Waals surface area contributed by atoms with Gasteiger partial charge in [0.05, 0.1) is 60.9 Å².